The lowest BCUT2D eigenvalue weighted by Gasteiger charge is -2.46. The summed E-state index contributed by atoms with van der Waals surface area (Å²) in [7, 11) is 0. The summed E-state index contributed by atoms with van der Waals surface area (Å²) in [5.41, 5.74) is -0.369. The fourth-order valence-corrected chi connectivity index (χ4v) is 2.40. The van der Waals surface area contributed by atoms with Crippen molar-refractivity contribution in [1.29, 1.82) is 0 Å². The molecule has 4 nitrogen and oxygen atoms in total. The van der Waals surface area contributed by atoms with Gasteiger partial charge in [-0.25, -0.2) is 0 Å². The predicted molar refractivity (Wildman–Crippen MR) is 51.5 cm³/mol. The van der Waals surface area contributed by atoms with E-state index in [1.165, 1.54) is 0 Å². The summed E-state index contributed by atoms with van der Waals surface area (Å²) in [5, 5.41) is 2.38. The van der Waals surface area contributed by atoms with Crippen molar-refractivity contribution in [1.82, 2.24) is 10.2 Å². The third-order valence-electron chi connectivity index (χ3n) is 2.91. The van der Waals surface area contributed by atoms with Crippen LogP contribution in [0.5, 0.6) is 0 Å². The van der Waals surface area contributed by atoms with Gasteiger partial charge in [-0.1, -0.05) is 13.8 Å². The van der Waals surface area contributed by atoms with Crippen LogP contribution in [-0.2, 0) is 9.59 Å². The van der Waals surface area contributed by atoms with Crippen LogP contribution in [0, 0.1) is 11.3 Å². The standard InChI is InChI=1S/C10H16N2O2/c1-7(2)4-12-5-10(6-12)3-8(13)11-9(10)14/h7H,3-6H2,1-2H3,(H,11,13,14). The second kappa shape index (κ2) is 3.05. The smallest absolute Gasteiger partial charge is 0.235 e. The monoisotopic (exact) mass is 196 g/mol. The molecule has 0 unspecified atom stereocenters. The number of nitrogens with one attached hydrogen (secondary N) is 1. The van der Waals surface area contributed by atoms with E-state index in [1.54, 1.807) is 0 Å². The van der Waals surface area contributed by atoms with Gasteiger partial charge in [0.05, 0.1) is 5.41 Å². The van der Waals surface area contributed by atoms with E-state index in [1.807, 2.05) is 0 Å². The number of amides is 2. The normalized spacial score (nSPS) is 25.6. The number of nitrogens with zero attached hydrogens (tertiary/aromatic N) is 1. The number of hydrogen-bond donors (Lipinski definition) is 1. The van der Waals surface area contributed by atoms with Gasteiger partial charge in [0.25, 0.3) is 0 Å². The number of imide groups is 1. The molecule has 1 spiro atoms. The highest BCUT2D eigenvalue weighted by Gasteiger charge is 2.54. The molecule has 0 aromatic carbocycles. The fraction of sp³-hybridized carbons (Fsp3) is 0.800. The highest BCUT2D eigenvalue weighted by molar-refractivity contribution is 6.06. The molecule has 4 heteroatoms. The van der Waals surface area contributed by atoms with Crippen molar-refractivity contribution in [3.63, 3.8) is 0 Å². The first-order chi connectivity index (χ1) is 6.52. The molecule has 2 heterocycles. The molecule has 0 atom stereocenters. The Bertz CT molecular complexity index is 280. The van der Waals surface area contributed by atoms with Crippen LogP contribution in [0.2, 0.25) is 0 Å². The summed E-state index contributed by atoms with van der Waals surface area (Å²) in [5.74, 6) is 0.439. The van der Waals surface area contributed by atoms with Crippen LogP contribution in [0.3, 0.4) is 0 Å². The van der Waals surface area contributed by atoms with E-state index in [0.29, 0.717) is 12.3 Å². The molecule has 2 fully saturated rings. The minimum Gasteiger partial charge on any atom is -0.301 e. The molecule has 0 aromatic rings. The Morgan fingerprint density at radius 3 is 2.50 bits per heavy atom. The third kappa shape index (κ3) is 1.43. The Balaban J connectivity index is 1.92. The zero-order valence-corrected chi connectivity index (χ0v) is 8.67. The molecular formula is C10H16N2O2. The van der Waals surface area contributed by atoms with E-state index in [-0.39, 0.29) is 17.2 Å². The molecule has 14 heavy (non-hydrogen) atoms. The van der Waals surface area contributed by atoms with Crippen molar-refractivity contribution >= 4 is 11.8 Å². The summed E-state index contributed by atoms with van der Waals surface area (Å²) < 4.78 is 0. The summed E-state index contributed by atoms with van der Waals surface area (Å²) in [4.78, 5) is 24.7. The first kappa shape index (κ1) is 9.65. The van der Waals surface area contributed by atoms with Gasteiger partial charge in [0.2, 0.25) is 11.8 Å². The minimum atomic E-state index is -0.369. The molecule has 0 bridgehead atoms. The molecule has 0 saturated carbocycles. The van der Waals surface area contributed by atoms with Crippen LogP contribution >= 0.6 is 0 Å². The number of hydrogen-bond acceptors (Lipinski definition) is 3. The number of carbonyl (C=O) groups excluding carboxylic acids is 2. The van der Waals surface area contributed by atoms with Crippen molar-refractivity contribution < 1.29 is 9.59 Å². The Morgan fingerprint density at radius 1 is 1.43 bits per heavy atom. The molecular weight excluding hydrogens is 180 g/mol. The number of rotatable bonds is 2. The van der Waals surface area contributed by atoms with Crippen LogP contribution in [-0.4, -0.2) is 36.3 Å². The Kier molecular flexibility index (Phi) is 2.10. The van der Waals surface area contributed by atoms with Gasteiger partial charge in [-0.2, -0.15) is 0 Å². The van der Waals surface area contributed by atoms with E-state index in [2.05, 4.69) is 24.1 Å². The first-order valence-corrected chi connectivity index (χ1v) is 5.08. The van der Waals surface area contributed by atoms with E-state index in [9.17, 15) is 9.59 Å². The lowest BCUT2D eigenvalue weighted by molar-refractivity contribution is -0.137. The van der Waals surface area contributed by atoms with E-state index >= 15 is 0 Å². The Morgan fingerprint density at radius 2 is 2.07 bits per heavy atom. The average molecular weight is 196 g/mol. The SMILES string of the molecule is CC(C)CN1CC2(CC(=O)NC2=O)C1. The van der Waals surface area contributed by atoms with Gasteiger partial charge < -0.3 is 4.90 Å². The topological polar surface area (TPSA) is 49.4 Å². The molecule has 0 aliphatic carbocycles. The number of likely N-dealkylation sites (tertiary alicyclic amines) is 1. The van der Waals surface area contributed by atoms with Gasteiger partial charge in [-0.05, 0) is 5.92 Å². The Hall–Kier alpha value is -0.900. The second-order valence-electron chi connectivity index (χ2n) is 4.90. The van der Waals surface area contributed by atoms with E-state index in [0.717, 1.165) is 19.6 Å². The third-order valence-corrected chi connectivity index (χ3v) is 2.91. The van der Waals surface area contributed by atoms with E-state index < -0.39 is 0 Å². The summed E-state index contributed by atoms with van der Waals surface area (Å²) in [6, 6.07) is 0. The van der Waals surface area contributed by atoms with Gasteiger partial charge in [0, 0.05) is 26.1 Å². The van der Waals surface area contributed by atoms with Crippen LogP contribution in [0.4, 0.5) is 0 Å². The molecule has 2 aliphatic heterocycles. The zero-order chi connectivity index (χ0) is 10.3. The maximum atomic E-state index is 11.5. The van der Waals surface area contributed by atoms with Gasteiger partial charge in [0.15, 0.2) is 0 Å². The highest BCUT2D eigenvalue weighted by atomic mass is 16.2. The van der Waals surface area contributed by atoms with Crippen LogP contribution in [0.15, 0.2) is 0 Å². The molecule has 2 saturated heterocycles. The van der Waals surface area contributed by atoms with Crippen LogP contribution in [0.25, 0.3) is 0 Å². The molecule has 2 aliphatic rings. The molecule has 0 aromatic heterocycles. The molecule has 78 valence electrons. The van der Waals surface area contributed by atoms with Gasteiger partial charge in [-0.15, -0.1) is 0 Å². The van der Waals surface area contributed by atoms with Gasteiger partial charge >= 0.3 is 0 Å². The van der Waals surface area contributed by atoms with E-state index in [4.69, 9.17) is 0 Å². The lowest BCUT2D eigenvalue weighted by Crippen LogP contribution is -2.60. The largest absolute Gasteiger partial charge is 0.301 e. The summed E-state index contributed by atoms with van der Waals surface area (Å²) in [6.07, 6.45) is 0.389. The fourth-order valence-electron chi connectivity index (χ4n) is 2.40. The molecule has 1 N–H and O–H groups in total. The van der Waals surface area contributed by atoms with Crippen molar-refractivity contribution in [2.24, 2.45) is 11.3 Å². The number of carbonyl (C=O) groups is 2. The van der Waals surface area contributed by atoms with Crippen molar-refractivity contribution in [3.8, 4) is 0 Å². The quantitative estimate of drug-likeness (QED) is 0.632. The lowest BCUT2D eigenvalue weighted by atomic mass is 9.78. The highest BCUT2D eigenvalue weighted by Crippen LogP contribution is 2.37. The molecule has 2 rings (SSSR count). The maximum Gasteiger partial charge on any atom is 0.235 e. The van der Waals surface area contributed by atoms with Crippen molar-refractivity contribution in [3.05, 3.63) is 0 Å². The average Bonchev–Trinajstić information content (AvgIpc) is 2.24. The predicted octanol–water partition coefficient (Wildman–Crippen LogP) is -0.00910. The first-order valence-electron chi connectivity index (χ1n) is 5.08. The van der Waals surface area contributed by atoms with Crippen LogP contribution in [0.1, 0.15) is 20.3 Å². The van der Waals surface area contributed by atoms with Crippen LogP contribution < -0.4 is 5.32 Å². The van der Waals surface area contributed by atoms with Gasteiger partial charge in [0.1, 0.15) is 0 Å². The summed E-state index contributed by atoms with van der Waals surface area (Å²) >= 11 is 0. The van der Waals surface area contributed by atoms with Crippen molar-refractivity contribution in [2.45, 2.75) is 20.3 Å². The summed E-state index contributed by atoms with van der Waals surface area (Å²) in [6.45, 7) is 6.84. The molecule has 2 amide bonds. The maximum absolute atomic E-state index is 11.5. The van der Waals surface area contributed by atoms with Crippen molar-refractivity contribution in [2.75, 3.05) is 19.6 Å². The Labute approximate surface area is 83.6 Å². The second-order valence-corrected chi connectivity index (χ2v) is 4.90. The minimum absolute atomic E-state index is 0.0671. The zero-order valence-electron chi connectivity index (χ0n) is 8.67. The van der Waals surface area contributed by atoms with Gasteiger partial charge in [-0.3, -0.25) is 14.9 Å². The molecule has 0 radical (unpaired) electrons.